The van der Waals surface area contributed by atoms with Crippen molar-refractivity contribution in [3.8, 4) is 5.75 Å². The van der Waals surface area contributed by atoms with Crippen LogP contribution in [0, 0.1) is 11.6 Å². The molecule has 1 fully saturated rings. The molecule has 0 spiro atoms. The van der Waals surface area contributed by atoms with Gasteiger partial charge in [0.1, 0.15) is 5.75 Å². The van der Waals surface area contributed by atoms with Crippen LogP contribution in [0.5, 0.6) is 5.75 Å². The predicted molar refractivity (Wildman–Crippen MR) is 105 cm³/mol. The Morgan fingerprint density at radius 2 is 1.79 bits per heavy atom. The summed E-state index contributed by atoms with van der Waals surface area (Å²) in [5.74, 6) is -1.94. The minimum absolute atomic E-state index is 0.0285. The average Bonchev–Trinajstić information content (AvgIpc) is 2.72. The summed E-state index contributed by atoms with van der Waals surface area (Å²) in [7, 11) is 1.61. The van der Waals surface area contributed by atoms with Crippen molar-refractivity contribution in [2.45, 2.75) is 25.3 Å². The molecule has 1 aliphatic heterocycles. The highest BCUT2D eigenvalue weighted by Crippen LogP contribution is 2.26. The summed E-state index contributed by atoms with van der Waals surface area (Å²) < 4.78 is 32.0. The summed E-state index contributed by atoms with van der Waals surface area (Å²) in [4.78, 5) is 14.9. The van der Waals surface area contributed by atoms with E-state index in [1.165, 1.54) is 6.42 Å². The molecule has 7 heteroatoms. The van der Waals surface area contributed by atoms with Crippen molar-refractivity contribution in [1.29, 1.82) is 0 Å². The molecule has 0 radical (unpaired) electrons. The molecule has 0 unspecified atom stereocenters. The number of piperidine rings is 1. The van der Waals surface area contributed by atoms with Crippen LogP contribution in [0.25, 0.3) is 0 Å². The van der Waals surface area contributed by atoms with Gasteiger partial charge >= 0.3 is 0 Å². The van der Waals surface area contributed by atoms with Crippen LogP contribution in [0.15, 0.2) is 36.4 Å². The molecular formula is C21H23ClF2N2O2. The Labute approximate surface area is 168 Å². The Morgan fingerprint density at radius 1 is 1.14 bits per heavy atom. The molecule has 1 heterocycles. The van der Waals surface area contributed by atoms with Gasteiger partial charge in [-0.1, -0.05) is 30.2 Å². The van der Waals surface area contributed by atoms with Gasteiger partial charge in [-0.15, -0.1) is 0 Å². The minimum atomic E-state index is -1.10. The van der Waals surface area contributed by atoms with Gasteiger partial charge in [-0.25, -0.2) is 8.78 Å². The second-order valence-corrected chi connectivity index (χ2v) is 7.25. The number of amides is 1. The van der Waals surface area contributed by atoms with Crippen molar-refractivity contribution in [2.75, 3.05) is 26.7 Å². The Bertz CT molecular complexity index is 824. The maximum Gasteiger partial charge on any atom is 0.252 e. The smallest absolute Gasteiger partial charge is 0.252 e. The normalized spacial score (nSPS) is 15.9. The van der Waals surface area contributed by atoms with Crippen LogP contribution in [0.3, 0.4) is 0 Å². The minimum Gasteiger partial charge on any atom is -0.497 e. The van der Waals surface area contributed by atoms with Crippen LogP contribution in [0.1, 0.15) is 41.2 Å². The van der Waals surface area contributed by atoms with Gasteiger partial charge in [0.2, 0.25) is 0 Å². The molecule has 2 aromatic carbocycles. The number of nitrogens with zero attached hydrogens (tertiary/aromatic N) is 1. The molecule has 0 saturated carbocycles. The molecule has 1 atom stereocenters. The number of methoxy groups -OCH3 is 1. The molecular weight excluding hydrogens is 386 g/mol. The Kier molecular flexibility index (Phi) is 6.86. The third kappa shape index (κ3) is 4.80. The van der Waals surface area contributed by atoms with Crippen molar-refractivity contribution >= 4 is 17.5 Å². The number of likely N-dealkylation sites (tertiary alicyclic amines) is 1. The molecule has 28 heavy (non-hydrogen) atoms. The topological polar surface area (TPSA) is 41.6 Å². The maximum absolute atomic E-state index is 13.5. The fourth-order valence-electron chi connectivity index (χ4n) is 3.50. The van der Waals surface area contributed by atoms with Crippen molar-refractivity contribution in [2.24, 2.45) is 0 Å². The quantitative estimate of drug-likeness (QED) is 0.711. The first-order valence-corrected chi connectivity index (χ1v) is 9.68. The largest absolute Gasteiger partial charge is 0.497 e. The highest BCUT2D eigenvalue weighted by atomic mass is 35.5. The van der Waals surface area contributed by atoms with Crippen LogP contribution in [-0.2, 0) is 0 Å². The maximum atomic E-state index is 13.5. The summed E-state index contributed by atoms with van der Waals surface area (Å²) in [6.45, 7) is 2.22. The number of halogens is 3. The summed E-state index contributed by atoms with van der Waals surface area (Å²) >= 11 is 5.92. The molecule has 2 aromatic rings. The number of nitrogens with one attached hydrogen (secondary N) is 1. The second kappa shape index (κ2) is 9.34. The molecule has 1 saturated heterocycles. The van der Waals surface area contributed by atoms with Crippen molar-refractivity contribution in [3.05, 3.63) is 64.2 Å². The molecule has 1 amide bonds. The molecule has 0 aromatic heterocycles. The molecule has 0 bridgehead atoms. The van der Waals surface area contributed by atoms with E-state index in [0.717, 1.165) is 49.4 Å². The van der Waals surface area contributed by atoms with Crippen LogP contribution in [0.4, 0.5) is 8.78 Å². The van der Waals surface area contributed by atoms with Gasteiger partial charge in [0.05, 0.1) is 23.7 Å². The van der Waals surface area contributed by atoms with Gasteiger partial charge in [-0.3, -0.25) is 9.69 Å². The van der Waals surface area contributed by atoms with Crippen LogP contribution < -0.4 is 10.1 Å². The molecule has 150 valence electrons. The van der Waals surface area contributed by atoms with E-state index in [1.54, 1.807) is 7.11 Å². The molecule has 0 aliphatic carbocycles. The molecule has 1 aliphatic rings. The lowest BCUT2D eigenvalue weighted by Crippen LogP contribution is -2.40. The molecule has 3 rings (SSSR count). The van der Waals surface area contributed by atoms with Gasteiger partial charge in [0, 0.05) is 6.54 Å². The second-order valence-electron chi connectivity index (χ2n) is 6.84. The van der Waals surface area contributed by atoms with E-state index in [1.807, 2.05) is 24.3 Å². The molecule has 4 nitrogen and oxygen atoms in total. The number of benzene rings is 2. The third-order valence-electron chi connectivity index (χ3n) is 5.04. The van der Waals surface area contributed by atoms with E-state index >= 15 is 0 Å². The fraction of sp³-hybridized carbons (Fsp3) is 0.381. The standard InChI is InChI=1S/C21H23ClF2N2O2/c1-28-15-7-5-14(6-8-15)20(26-9-3-2-4-10-26)13-25-21(27)16-11-18(23)19(24)12-17(16)22/h5-8,11-12,20H,2-4,9-10,13H2,1H3,(H,25,27)/t20-/m0/s1. The zero-order valence-corrected chi connectivity index (χ0v) is 16.4. The van der Waals surface area contributed by atoms with E-state index in [0.29, 0.717) is 6.54 Å². The average molecular weight is 409 g/mol. The van der Waals surface area contributed by atoms with E-state index in [-0.39, 0.29) is 16.6 Å². The van der Waals surface area contributed by atoms with Crippen molar-refractivity contribution in [1.82, 2.24) is 10.2 Å². The first kappa shape index (κ1) is 20.6. The Morgan fingerprint density at radius 3 is 2.43 bits per heavy atom. The van der Waals surface area contributed by atoms with E-state index in [4.69, 9.17) is 16.3 Å². The number of rotatable bonds is 6. The monoisotopic (exact) mass is 408 g/mol. The van der Waals surface area contributed by atoms with Gasteiger partial charge in [0.15, 0.2) is 11.6 Å². The first-order valence-electron chi connectivity index (χ1n) is 9.30. The van der Waals surface area contributed by atoms with Gasteiger partial charge in [-0.2, -0.15) is 0 Å². The lowest BCUT2D eigenvalue weighted by Gasteiger charge is -2.35. The zero-order chi connectivity index (χ0) is 20.1. The van der Waals surface area contributed by atoms with E-state index in [2.05, 4.69) is 10.2 Å². The van der Waals surface area contributed by atoms with Crippen LogP contribution >= 0.6 is 11.6 Å². The fourth-order valence-corrected chi connectivity index (χ4v) is 3.73. The number of carbonyl (C=O) groups is 1. The Hall–Kier alpha value is -2.18. The number of hydrogen-bond donors (Lipinski definition) is 1. The summed E-state index contributed by atoms with van der Waals surface area (Å²) in [6.07, 6.45) is 3.41. The van der Waals surface area contributed by atoms with E-state index in [9.17, 15) is 13.6 Å². The van der Waals surface area contributed by atoms with Gasteiger partial charge in [0.25, 0.3) is 5.91 Å². The highest BCUT2D eigenvalue weighted by molar-refractivity contribution is 6.33. The number of hydrogen-bond acceptors (Lipinski definition) is 3. The Balaban J connectivity index is 1.77. The van der Waals surface area contributed by atoms with E-state index < -0.39 is 17.5 Å². The van der Waals surface area contributed by atoms with Gasteiger partial charge in [-0.05, 0) is 55.8 Å². The molecule has 1 N–H and O–H groups in total. The van der Waals surface area contributed by atoms with Crippen LogP contribution in [-0.4, -0.2) is 37.6 Å². The van der Waals surface area contributed by atoms with Crippen LogP contribution in [0.2, 0.25) is 5.02 Å². The highest BCUT2D eigenvalue weighted by Gasteiger charge is 2.24. The summed E-state index contributed by atoms with van der Waals surface area (Å²) in [5.41, 5.74) is 0.979. The SMILES string of the molecule is COc1ccc([C@H](CNC(=O)c2cc(F)c(F)cc2Cl)N2CCCCC2)cc1. The van der Waals surface area contributed by atoms with Crippen molar-refractivity contribution in [3.63, 3.8) is 0 Å². The number of ether oxygens (including phenoxy) is 1. The summed E-state index contributed by atoms with van der Waals surface area (Å²) in [5, 5.41) is 2.71. The predicted octanol–water partition coefficient (Wildman–Crippen LogP) is 4.58. The third-order valence-corrected chi connectivity index (χ3v) is 5.36. The van der Waals surface area contributed by atoms with Crippen molar-refractivity contribution < 1.29 is 18.3 Å². The van der Waals surface area contributed by atoms with Gasteiger partial charge < -0.3 is 10.1 Å². The first-order chi connectivity index (χ1) is 13.5. The number of carbonyl (C=O) groups excluding carboxylic acids is 1. The lowest BCUT2D eigenvalue weighted by molar-refractivity contribution is 0.0924. The lowest BCUT2D eigenvalue weighted by atomic mass is 10.0. The zero-order valence-electron chi connectivity index (χ0n) is 15.7. The summed E-state index contributed by atoms with van der Waals surface area (Å²) in [6, 6.07) is 9.36.